The first-order valence-electron chi connectivity index (χ1n) is 8.90. The van der Waals surface area contributed by atoms with Crippen LogP contribution in [-0.4, -0.2) is 27.1 Å². The molecule has 24 heavy (non-hydrogen) atoms. The van der Waals surface area contributed by atoms with Crippen LogP contribution < -0.4 is 5.32 Å². The second-order valence-electron chi connectivity index (χ2n) is 6.77. The van der Waals surface area contributed by atoms with E-state index >= 15 is 0 Å². The Balaban J connectivity index is 2.19. The highest BCUT2D eigenvalue weighted by molar-refractivity contribution is 6.73. The predicted octanol–water partition coefficient (Wildman–Crippen LogP) is 6.15. The molecule has 0 spiro atoms. The van der Waals surface area contributed by atoms with Crippen molar-refractivity contribution in [3.63, 3.8) is 0 Å². The molecular weight excluding hydrogens is 364 g/mol. The van der Waals surface area contributed by atoms with Gasteiger partial charge in [-0.15, -0.1) is 0 Å². The van der Waals surface area contributed by atoms with Gasteiger partial charge in [-0.2, -0.15) is 0 Å². The zero-order valence-electron chi connectivity index (χ0n) is 14.8. The van der Waals surface area contributed by atoms with Gasteiger partial charge in [-0.1, -0.05) is 50.0 Å². The highest BCUT2D eigenvalue weighted by atomic mass is 35.5. The van der Waals surface area contributed by atoms with Crippen molar-refractivity contribution in [3.8, 4) is 0 Å². The van der Waals surface area contributed by atoms with E-state index in [1.165, 1.54) is 0 Å². The van der Waals surface area contributed by atoms with E-state index in [1.54, 1.807) is 0 Å². The van der Waals surface area contributed by atoms with Crippen molar-refractivity contribution < 1.29 is 8.82 Å². The normalized spacial score (nSPS) is 17.8. The molecule has 1 aliphatic carbocycles. The number of alkyl halides is 1. The van der Waals surface area contributed by atoms with Crippen molar-refractivity contribution in [2.45, 2.75) is 63.5 Å². The molecule has 6 heteroatoms. The maximum atomic E-state index is 13.9. The average Bonchev–Trinajstić information content (AvgIpc) is 3.29. The molecule has 0 radical (unpaired) electrons. The molecule has 136 valence electrons. The summed E-state index contributed by atoms with van der Waals surface area (Å²) in [7, 11) is -1.84. The molecule has 1 N–H and O–H groups in total. The third-order valence-electron chi connectivity index (χ3n) is 5.21. The molecule has 1 unspecified atom stereocenters. The van der Waals surface area contributed by atoms with E-state index in [2.05, 4.69) is 26.1 Å². The maximum Gasteiger partial charge on any atom is 0.192 e. The zero-order chi connectivity index (χ0) is 17.8. The number of rotatable bonds is 10. The Kier molecular flexibility index (Phi) is 7.15. The summed E-state index contributed by atoms with van der Waals surface area (Å²) in [4.78, 5) is 0. The van der Waals surface area contributed by atoms with Gasteiger partial charge >= 0.3 is 0 Å². The topological polar surface area (TPSA) is 21.3 Å². The Morgan fingerprint density at radius 3 is 2.17 bits per heavy atom. The van der Waals surface area contributed by atoms with Crippen molar-refractivity contribution in [1.29, 1.82) is 0 Å². The SMILES string of the molecule is CC[Si](CC)(CC)OC(CNCC1(F)CC1)c1c(Cl)cccc1Cl. The van der Waals surface area contributed by atoms with E-state index in [-0.39, 0.29) is 6.10 Å². The van der Waals surface area contributed by atoms with E-state index in [4.69, 9.17) is 27.6 Å². The summed E-state index contributed by atoms with van der Waals surface area (Å²) >= 11 is 12.8. The van der Waals surface area contributed by atoms with E-state index in [9.17, 15) is 4.39 Å². The first kappa shape index (κ1) is 20.2. The molecule has 0 bridgehead atoms. The lowest BCUT2D eigenvalue weighted by atomic mass is 10.1. The molecule has 1 fully saturated rings. The molecule has 2 nitrogen and oxygen atoms in total. The maximum absolute atomic E-state index is 13.9. The summed E-state index contributed by atoms with van der Waals surface area (Å²) in [5.41, 5.74) is -0.201. The molecule has 1 aliphatic rings. The number of nitrogens with one attached hydrogen (secondary N) is 1. The van der Waals surface area contributed by atoms with Gasteiger partial charge in [0.25, 0.3) is 0 Å². The quantitative estimate of drug-likeness (QED) is 0.482. The van der Waals surface area contributed by atoms with Crippen molar-refractivity contribution >= 4 is 31.5 Å². The summed E-state index contributed by atoms with van der Waals surface area (Å²) in [6, 6.07) is 8.65. The van der Waals surface area contributed by atoms with Crippen LogP contribution in [0.15, 0.2) is 18.2 Å². The lowest BCUT2D eigenvalue weighted by Crippen LogP contribution is -2.40. The van der Waals surface area contributed by atoms with Crippen LogP contribution in [0.2, 0.25) is 28.2 Å². The van der Waals surface area contributed by atoms with Crippen LogP contribution in [0, 0.1) is 0 Å². The molecule has 1 aromatic rings. The van der Waals surface area contributed by atoms with Crippen LogP contribution in [0.4, 0.5) is 4.39 Å². The smallest absolute Gasteiger partial charge is 0.192 e. The minimum atomic E-state index is -1.84. The van der Waals surface area contributed by atoms with Crippen molar-refractivity contribution in [1.82, 2.24) is 5.32 Å². The van der Waals surface area contributed by atoms with Crippen molar-refractivity contribution in [2.75, 3.05) is 13.1 Å². The molecule has 0 aromatic heterocycles. The summed E-state index contributed by atoms with van der Waals surface area (Å²) in [6.07, 6.45) is 1.06. The summed E-state index contributed by atoms with van der Waals surface area (Å²) < 4.78 is 20.6. The fourth-order valence-electron chi connectivity index (χ4n) is 3.06. The predicted molar refractivity (Wildman–Crippen MR) is 103 cm³/mol. The molecule has 2 rings (SSSR count). The standard InChI is InChI=1S/C18H28Cl2FNOSi/c1-4-24(5-2,6-3)23-16(12-22-13-18(21)10-11-18)17-14(19)8-7-9-15(17)20/h7-9,16,22H,4-6,10-13H2,1-3H3. The zero-order valence-corrected chi connectivity index (χ0v) is 17.3. The molecule has 1 aromatic carbocycles. The Labute approximate surface area is 156 Å². The van der Waals surface area contributed by atoms with Gasteiger partial charge in [0.2, 0.25) is 0 Å². The summed E-state index contributed by atoms with van der Waals surface area (Å²) in [6.45, 7) is 7.48. The van der Waals surface area contributed by atoms with Gasteiger partial charge in [-0.25, -0.2) is 4.39 Å². The highest BCUT2D eigenvalue weighted by Crippen LogP contribution is 2.40. The van der Waals surface area contributed by atoms with Gasteiger partial charge in [0.15, 0.2) is 8.32 Å². The first-order chi connectivity index (χ1) is 11.4. The van der Waals surface area contributed by atoms with Gasteiger partial charge in [-0.05, 0) is 43.1 Å². The Hall–Kier alpha value is -0.133. The van der Waals surface area contributed by atoms with E-state index < -0.39 is 14.0 Å². The monoisotopic (exact) mass is 391 g/mol. The lowest BCUT2D eigenvalue weighted by Gasteiger charge is -2.34. The van der Waals surface area contributed by atoms with Crippen molar-refractivity contribution in [2.24, 2.45) is 0 Å². The van der Waals surface area contributed by atoms with E-state index in [0.717, 1.165) is 23.7 Å². The lowest BCUT2D eigenvalue weighted by molar-refractivity contribution is 0.179. The van der Waals surface area contributed by atoms with E-state index in [0.29, 0.717) is 36.0 Å². The van der Waals surface area contributed by atoms with Crippen molar-refractivity contribution in [3.05, 3.63) is 33.8 Å². The van der Waals surface area contributed by atoms with Gasteiger partial charge in [-0.3, -0.25) is 0 Å². The third-order valence-corrected chi connectivity index (χ3v) is 10.5. The molecule has 0 heterocycles. The van der Waals surface area contributed by atoms with Crippen LogP contribution in [0.3, 0.4) is 0 Å². The molecular formula is C18H28Cl2FNOSi. The molecule has 1 atom stereocenters. The van der Waals surface area contributed by atoms with E-state index in [1.807, 2.05) is 18.2 Å². The number of halogens is 3. The Morgan fingerprint density at radius 2 is 1.71 bits per heavy atom. The third kappa shape index (κ3) is 4.95. The number of benzene rings is 1. The first-order valence-corrected chi connectivity index (χ1v) is 12.2. The largest absolute Gasteiger partial charge is 0.409 e. The van der Waals surface area contributed by atoms with Crippen LogP contribution in [0.5, 0.6) is 0 Å². The minimum Gasteiger partial charge on any atom is -0.409 e. The van der Waals surface area contributed by atoms with Gasteiger partial charge < -0.3 is 9.74 Å². The van der Waals surface area contributed by atoms with Gasteiger partial charge in [0.05, 0.1) is 6.10 Å². The Bertz CT molecular complexity index is 521. The average molecular weight is 392 g/mol. The molecule has 0 saturated heterocycles. The minimum absolute atomic E-state index is 0.236. The number of hydrogen-bond donors (Lipinski definition) is 1. The Morgan fingerprint density at radius 1 is 1.17 bits per heavy atom. The molecule has 0 amide bonds. The second kappa shape index (κ2) is 8.50. The summed E-state index contributed by atoms with van der Waals surface area (Å²) in [5.74, 6) is 0. The van der Waals surface area contributed by atoms with Gasteiger partial charge in [0.1, 0.15) is 5.67 Å². The number of hydrogen-bond acceptors (Lipinski definition) is 2. The summed E-state index contributed by atoms with van der Waals surface area (Å²) in [5, 5.41) is 4.47. The van der Waals surface area contributed by atoms with Gasteiger partial charge in [0, 0.05) is 28.7 Å². The second-order valence-corrected chi connectivity index (χ2v) is 12.3. The van der Waals surface area contributed by atoms with Crippen LogP contribution in [0.25, 0.3) is 0 Å². The van der Waals surface area contributed by atoms with Crippen LogP contribution in [-0.2, 0) is 4.43 Å². The van der Waals surface area contributed by atoms with Crippen LogP contribution in [0.1, 0.15) is 45.3 Å². The molecule has 1 saturated carbocycles. The molecule has 0 aliphatic heterocycles. The highest BCUT2D eigenvalue weighted by Gasteiger charge is 2.43. The fourth-order valence-corrected chi connectivity index (χ4v) is 6.51. The van der Waals surface area contributed by atoms with Crippen LogP contribution >= 0.6 is 23.2 Å². The fraction of sp³-hybridized carbons (Fsp3) is 0.667.